The maximum Gasteiger partial charge on any atom is 0.252 e. The van der Waals surface area contributed by atoms with Crippen molar-refractivity contribution in [2.45, 2.75) is 64.2 Å². The van der Waals surface area contributed by atoms with Gasteiger partial charge in [0.2, 0.25) is 0 Å². The van der Waals surface area contributed by atoms with Crippen molar-refractivity contribution in [3.05, 3.63) is 39.9 Å². The van der Waals surface area contributed by atoms with Crippen LogP contribution in [-0.4, -0.2) is 64.1 Å². The van der Waals surface area contributed by atoms with Gasteiger partial charge in [0.25, 0.3) is 5.56 Å². The number of nitrogens with one attached hydrogen (secondary N) is 1. The van der Waals surface area contributed by atoms with E-state index >= 15 is 0 Å². The summed E-state index contributed by atoms with van der Waals surface area (Å²) in [5, 5.41) is 13.4. The summed E-state index contributed by atoms with van der Waals surface area (Å²) in [6, 6.07) is 6.02. The number of hydrogen-bond acceptors (Lipinski definition) is 8. The number of nitrogens with zero attached hydrogens (tertiary/aromatic N) is 5. The normalized spacial score (nSPS) is 15.3. The van der Waals surface area contributed by atoms with Crippen LogP contribution >= 0.6 is 0 Å². The summed E-state index contributed by atoms with van der Waals surface area (Å²) < 4.78 is 17.9. The van der Waals surface area contributed by atoms with Gasteiger partial charge in [-0.2, -0.15) is 0 Å². The first kappa shape index (κ1) is 24.2. The van der Waals surface area contributed by atoms with E-state index in [1.165, 1.54) is 12.8 Å². The summed E-state index contributed by atoms with van der Waals surface area (Å²) in [6.07, 6.45) is 5.42. The molecule has 0 radical (unpaired) electrons. The number of pyridine rings is 1. The van der Waals surface area contributed by atoms with Gasteiger partial charge >= 0.3 is 0 Å². The van der Waals surface area contributed by atoms with Crippen molar-refractivity contribution in [2.75, 3.05) is 27.9 Å². The Morgan fingerprint density at radius 1 is 1.15 bits per heavy atom. The molecule has 2 heterocycles. The molecule has 1 aliphatic rings. The highest BCUT2D eigenvalue weighted by Crippen LogP contribution is 2.34. The summed E-state index contributed by atoms with van der Waals surface area (Å²) in [6.45, 7) is 3.78. The standard InChI is InChI=1S/C24H34N6O4/c1-5-20(23-26-27-28-30(23)10-11-32-2)29(18-8-6-7-9-18)15-17-12-16-13-21(33-3)22(34-4)14-19(16)25-24(17)31/h12-14,18,20H,5-11,15H2,1-4H3,(H,25,31). The van der Waals surface area contributed by atoms with E-state index in [1.54, 1.807) is 27.4 Å². The van der Waals surface area contributed by atoms with Crippen LogP contribution in [0.1, 0.15) is 56.5 Å². The van der Waals surface area contributed by atoms with Crippen LogP contribution in [0, 0.1) is 0 Å². The molecule has 1 aromatic carbocycles. The molecule has 1 atom stereocenters. The molecular weight excluding hydrogens is 436 g/mol. The van der Waals surface area contributed by atoms with E-state index in [2.05, 4.69) is 32.3 Å². The van der Waals surface area contributed by atoms with Crippen molar-refractivity contribution in [3.63, 3.8) is 0 Å². The Morgan fingerprint density at radius 3 is 2.56 bits per heavy atom. The van der Waals surface area contributed by atoms with E-state index < -0.39 is 0 Å². The Morgan fingerprint density at radius 2 is 1.88 bits per heavy atom. The molecule has 10 nitrogen and oxygen atoms in total. The third-order valence-electron chi connectivity index (χ3n) is 6.72. The molecule has 1 N–H and O–H groups in total. The van der Waals surface area contributed by atoms with Crippen LogP contribution in [0.25, 0.3) is 10.9 Å². The monoisotopic (exact) mass is 470 g/mol. The molecule has 0 aliphatic heterocycles. The smallest absolute Gasteiger partial charge is 0.252 e. The van der Waals surface area contributed by atoms with Gasteiger partial charge in [-0.3, -0.25) is 9.69 Å². The number of hydrogen-bond donors (Lipinski definition) is 1. The van der Waals surface area contributed by atoms with Crippen LogP contribution in [0.3, 0.4) is 0 Å². The van der Waals surface area contributed by atoms with E-state index in [9.17, 15) is 4.79 Å². The Bertz CT molecular complexity index is 1150. The average molecular weight is 471 g/mol. The molecule has 0 saturated heterocycles. The predicted molar refractivity (Wildman–Crippen MR) is 128 cm³/mol. The number of rotatable bonds is 11. The van der Waals surface area contributed by atoms with Crippen LogP contribution in [0.2, 0.25) is 0 Å². The van der Waals surface area contributed by atoms with Crippen LogP contribution in [0.15, 0.2) is 23.0 Å². The molecule has 3 aromatic rings. The molecule has 34 heavy (non-hydrogen) atoms. The van der Waals surface area contributed by atoms with Gasteiger partial charge in [0.05, 0.1) is 38.9 Å². The minimum Gasteiger partial charge on any atom is -0.493 e. The molecule has 0 spiro atoms. The zero-order valence-corrected chi connectivity index (χ0v) is 20.4. The fourth-order valence-electron chi connectivity index (χ4n) is 4.97. The van der Waals surface area contributed by atoms with Gasteiger partial charge in [0, 0.05) is 36.7 Å². The molecule has 2 aromatic heterocycles. The molecule has 0 bridgehead atoms. The van der Waals surface area contributed by atoms with Gasteiger partial charge in [-0.1, -0.05) is 19.8 Å². The minimum atomic E-state index is -0.100. The molecule has 1 aliphatic carbocycles. The molecule has 10 heteroatoms. The summed E-state index contributed by atoms with van der Waals surface area (Å²) >= 11 is 0. The zero-order chi connectivity index (χ0) is 24.1. The molecule has 184 valence electrons. The van der Waals surface area contributed by atoms with Gasteiger partial charge < -0.3 is 19.2 Å². The van der Waals surface area contributed by atoms with Crippen molar-refractivity contribution in [3.8, 4) is 11.5 Å². The Kier molecular flexibility index (Phi) is 7.79. The van der Waals surface area contributed by atoms with Gasteiger partial charge in [-0.05, 0) is 41.8 Å². The highest BCUT2D eigenvalue weighted by Gasteiger charge is 2.32. The number of aromatic nitrogens is 5. The topological polar surface area (TPSA) is 107 Å². The first-order valence-corrected chi connectivity index (χ1v) is 11.9. The van der Waals surface area contributed by atoms with Gasteiger partial charge in [0.1, 0.15) is 0 Å². The number of aromatic amines is 1. The molecule has 1 unspecified atom stereocenters. The Labute approximate surface area is 199 Å². The van der Waals surface area contributed by atoms with Crippen LogP contribution in [0.5, 0.6) is 11.5 Å². The predicted octanol–water partition coefficient (Wildman–Crippen LogP) is 3.07. The second-order valence-corrected chi connectivity index (χ2v) is 8.71. The van der Waals surface area contributed by atoms with Crippen molar-refractivity contribution >= 4 is 10.9 Å². The van der Waals surface area contributed by atoms with Crippen molar-refractivity contribution in [1.82, 2.24) is 30.1 Å². The van der Waals surface area contributed by atoms with Crippen LogP contribution in [0.4, 0.5) is 0 Å². The summed E-state index contributed by atoms with van der Waals surface area (Å²) in [5.74, 6) is 2.03. The molecule has 0 amide bonds. The largest absolute Gasteiger partial charge is 0.493 e. The van der Waals surface area contributed by atoms with Crippen molar-refractivity contribution < 1.29 is 14.2 Å². The van der Waals surface area contributed by atoms with Crippen LogP contribution < -0.4 is 15.0 Å². The lowest BCUT2D eigenvalue weighted by molar-refractivity contribution is 0.109. The molecule has 4 rings (SSSR count). The summed E-state index contributed by atoms with van der Waals surface area (Å²) in [5.41, 5.74) is 1.33. The number of ether oxygens (including phenoxy) is 3. The lowest BCUT2D eigenvalue weighted by Crippen LogP contribution is -2.39. The van der Waals surface area contributed by atoms with E-state index in [-0.39, 0.29) is 11.6 Å². The second-order valence-electron chi connectivity index (χ2n) is 8.71. The number of fused-ring (bicyclic) bond motifs is 1. The van der Waals surface area contributed by atoms with Gasteiger partial charge in [-0.25, -0.2) is 4.68 Å². The van der Waals surface area contributed by atoms with E-state index in [0.29, 0.717) is 42.8 Å². The summed E-state index contributed by atoms with van der Waals surface area (Å²) in [4.78, 5) is 18.6. The van der Waals surface area contributed by atoms with E-state index in [4.69, 9.17) is 14.2 Å². The van der Waals surface area contributed by atoms with Crippen LogP contribution in [-0.2, 0) is 17.8 Å². The highest BCUT2D eigenvalue weighted by atomic mass is 16.5. The molecule has 1 saturated carbocycles. The maximum atomic E-state index is 13.1. The van der Waals surface area contributed by atoms with Crippen molar-refractivity contribution in [1.29, 1.82) is 0 Å². The maximum absolute atomic E-state index is 13.1. The summed E-state index contributed by atoms with van der Waals surface area (Å²) in [7, 11) is 4.86. The number of H-pyrrole nitrogens is 1. The lowest BCUT2D eigenvalue weighted by atomic mass is 10.0. The second kappa shape index (κ2) is 11.0. The quantitative estimate of drug-likeness (QED) is 0.456. The average Bonchev–Trinajstić information content (AvgIpc) is 3.54. The Hall–Kier alpha value is -2.98. The third kappa shape index (κ3) is 4.92. The number of methoxy groups -OCH3 is 3. The zero-order valence-electron chi connectivity index (χ0n) is 20.4. The highest BCUT2D eigenvalue weighted by molar-refractivity contribution is 5.83. The third-order valence-corrected chi connectivity index (χ3v) is 6.72. The lowest BCUT2D eigenvalue weighted by Gasteiger charge is -2.35. The molecule has 1 fully saturated rings. The first-order chi connectivity index (χ1) is 16.6. The minimum absolute atomic E-state index is 0.00421. The SMILES string of the molecule is CCC(c1nnnn1CCOC)N(Cc1cc2cc(OC)c(OC)cc2[nH]c1=O)C1CCCC1. The van der Waals surface area contributed by atoms with E-state index in [0.717, 1.165) is 36.0 Å². The van der Waals surface area contributed by atoms with Gasteiger partial charge in [-0.15, -0.1) is 5.10 Å². The van der Waals surface area contributed by atoms with E-state index in [1.807, 2.05) is 16.8 Å². The first-order valence-electron chi connectivity index (χ1n) is 11.9. The molecular formula is C24H34N6O4. The Balaban J connectivity index is 1.72. The number of benzene rings is 1. The number of tetrazole rings is 1. The van der Waals surface area contributed by atoms with Crippen molar-refractivity contribution in [2.24, 2.45) is 0 Å². The fraction of sp³-hybridized carbons (Fsp3) is 0.583. The van der Waals surface area contributed by atoms with Gasteiger partial charge in [0.15, 0.2) is 17.3 Å². The fourth-order valence-corrected chi connectivity index (χ4v) is 4.97.